The van der Waals surface area contributed by atoms with E-state index < -0.39 is 0 Å². The fourth-order valence-electron chi connectivity index (χ4n) is 2.26. The van der Waals surface area contributed by atoms with E-state index in [0.717, 1.165) is 24.7 Å². The van der Waals surface area contributed by atoms with Crippen LogP contribution in [0.1, 0.15) is 26.2 Å². The van der Waals surface area contributed by atoms with Crippen LogP contribution in [0.4, 0.5) is 5.69 Å². The molecule has 1 aliphatic rings. The molecule has 3 nitrogen and oxygen atoms in total. The minimum atomic E-state index is 0.401. The van der Waals surface area contributed by atoms with Crippen molar-refractivity contribution in [1.29, 1.82) is 0 Å². The van der Waals surface area contributed by atoms with E-state index in [1.807, 2.05) is 0 Å². The molecular weight excluding hydrogens is 245 g/mol. The molecule has 1 fully saturated rings. The van der Waals surface area contributed by atoms with Gasteiger partial charge in [0.2, 0.25) is 0 Å². The van der Waals surface area contributed by atoms with Gasteiger partial charge >= 0.3 is 0 Å². The molecule has 1 aromatic heterocycles. The van der Waals surface area contributed by atoms with Gasteiger partial charge in [-0.3, -0.25) is 0 Å². The predicted octanol–water partition coefficient (Wildman–Crippen LogP) is 3.41. The first kappa shape index (κ1) is 11.9. The summed E-state index contributed by atoms with van der Waals surface area (Å²) in [5.74, 6) is 0.771. The molecule has 1 saturated heterocycles. The van der Waals surface area contributed by atoms with Gasteiger partial charge in [0.1, 0.15) is 0 Å². The highest BCUT2D eigenvalue weighted by Crippen LogP contribution is 2.31. The molecule has 0 aromatic carbocycles. The second-order valence-corrected chi connectivity index (χ2v) is 4.98. The Morgan fingerprint density at radius 3 is 3.00 bits per heavy atom. The van der Waals surface area contributed by atoms with Crippen molar-refractivity contribution in [1.82, 2.24) is 10.2 Å². The zero-order valence-electron chi connectivity index (χ0n) is 9.29. The molecule has 0 bridgehead atoms. The molecule has 88 valence electrons. The number of hydrogen-bond donors (Lipinski definition) is 0. The fraction of sp³-hybridized carbons (Fsp3) is 0.636. The lowest BCUT2D eigenvalue weighted by atomic mass is 10.0. The number of aromatic nitrogens is 2. The zero-order valence-corrected chi connectivity index (χ0v) is 10.8. The average Bonchev–Trinajstić information content (AvgIpc) is 2.71. The predicted molar refractivity (Wildman–Crippen MR) is 67.3 cm³/mol. The van der Waals surface area contributed by atoms with Crippen molar-refractivity contribution in [3.8, 4) is 0 Å². The van der Waals surface area contributed by atoms with Crippen LogP contribution in [0.3, 0.4) is 0 Å². The summed E-state index contributed by atoms with van der Waals surface area (Å²) in [7, 11) is 0. The van der Waals surface area contributed by atoms with Gasteiger partial charge < -0.3 is 4.90 Å². The molecular formula is C11H15Cl2N3. The normalized spacial score (nSPS) is 20.4. The summed E-state index contributed by atoms with van der Waals surface area (Å²) in [4.78, 5) is 2.25. The van der Waals surface area contributed by atoms with E-state index in [0.29, 0.717) is 10.3 Å². The second-order valence-electron chi connectivity index (χ2n) is 4.23. The summed E-state index contributed by atoms with van der Waals surface area (Å²) in [6.45, 7) is 4.31. The average molecular weight is 260 g/mol. The molecule has 1 unspecified atom stereocenters. The summed E-state index contributed by atoms with van der Waals surface area (Å²) in [6, 6.07) is 1.80. The highest BCUT2D eigenvalue weighted by Gasteiger charge is 2.24. The zero-order chi connectivity index (χ0) is 11.5. The van der Waals surface area contributed by atoms with Crippen LogP contribution in [-0.2, 0) is 0 Å². The number of hydrogen-bond acceptors (Lipinski definition) is 3. The van der Waals surface area contributed by atoms with E-state index >= 15 is 0 Å². The molecule has 1 aliphatic heterocycles. The summed E-state index contributed by atoms with van der Waals surface area (Å²) in [5.41, 5.74) is 0.917. The third-order valence-electron chi connectivity index (χ3n) is 3.02. The molecule has 0 N–H and O–H groups in total. The highest BCUT2D eigenvalue weighted by molar-refractivity contribution is 6.33. The van der Waals surface area contributed by atoms with Gasteiger partial charge in [0, 0.05) is 19.2 Å². The maximum absolute atomic E-state index is 6.03. The van der Waals surface area contributed by atoms with Crippen molar-refractivity contribution in [3.05, 3.63) is 16.4 Å². The standard InChI is InChI=1S/C11H15Cl2N3/c1-2-3-8-4-5-16(7-8)9-6-10(12)14-15-11(9)13/h6,8H,2-5,7H2,1H3. The van der Waals surface area contributed by atoms with E-state index in [1.54, 1.807) is 6.07 Å². The van der Waals surface area contributed by atoms with Crippen molar-refractivity contribution >= 4 is 28.9 Å². The van der Waals surface area contributed by atoms with Crippen LogP contribution in [0.5, 0.6) is 0 Å². The monoisotopic (exact) mass is 259 g/mol. The number of rotatable bonds is 3. The molecule has 5 heteroatoms. The second kappa shape index (κ2) is 5.19. The molecule has 0 saturated carbocycles. The smallest absolute Gasteiger partial charge is 0.175 e. The first-order valence-corrected chi connectivity index (χ1v) is 6.40. The molecule has 1 atom stereocenters. The van der Waals surface area contributed by atoms with Crippen LogP contribution < -0.4 is 4.90 Å². The summed E-state index contributed by atoms with van der Waals surface area (Å²) >= 11 is 11.9. The Hall–Kier alpha value is -0.540. The largest absolute Gasteiger partial charge is 0.369 e. The summed E-state index contributed by atoms with van der Waals surface area (Å²) < 4.78 is 0. The summed E-state index contributed by atoms with van der Waals surface area (Å²) in [5, 5.41) is 8.41. The maximum atomic E-state index is 6.03. The Morgan fingerprint density at radius 1 is 1.44 bits per heavy atom. The Labute approximate surface area is 106 Å². The molecule has 2 heterocycles. The molecule has 1 aromatic rings. The SMILES string of the molecule is CCCC1CCN(c2cc(Cl)nnc2Cl)C1. The molecule has 0 spiro atoms. The van der Waals surface area contributed by atoms with E-state index in [4.69, 9.17) is 23.2 Å². The fourth-order valence-corrected chi connectivity index (χ4v) is 2.61. The first-order chi connectivity index (χ1) is 7.70. The van der Waals surface area contributed by atoms with Gasteiger partial charge in [-0.05, 0) is 18.8 Å². The molecule has 2 rings (SSSR count). The van der Waals surface area contributed by atoms with Crippen LogP contribution in [-0.4, -0.2) is 23.3 Å². The minimum absolute atomic E-state index is 0.401. The highest BCUT2D eigenvalue weighted by atomic mass is 35.5. The van der Waals surface area contributed by atoms with Crippen molar-refractivity contribution in [2.45, 2.75) is 26.2 Å². The van der Waals surface area contributed by atoms with E-state index in [9.17, 15) is 0 Å². The first-order valence-electron chi connectivity index (χ1n) is 5.64. The maximum Gasteiger partial charge on any atom is 0.175 e. The Morgan fingerprint density at radius 2 is 2.25 bits per heavy atom. The van der Waals surface area contributed by atoms with Gasteiger partial charge in [0.25, 0.3) is 0 Å². The Bertz CT molecular complexity index is 370. The molecule has 16 heavy (non-hydrogen) atoms. The van der Waals surface area contributed by atoms with E-state index in [2.05, 4.69) is 22.0 Å². The van der Waals surface area contributed by atoms with E-state index in [1.165, 1.54) is 19.3 Å². The molecule has 0 aliphatic carbocycles. The quantitative estimate of drug-likeness (QED) is 0.833. The lowest BCUT2D eigenvalue weighted by molar-refractivity contribution is 0.530. The van der Waals surface area contributed by atoms with Gasteiger partial charge in [0.15, 0.2) is 10.3 Å². The van der Waals surface area contributed by atoms with Crippen molar-refractivity contribution in [2.24, 2.45) is 5.92 Å². The molecule has 0 radical (unpaired) electrons. The Kier molecular flexibility index (Phi) is 3.87. The van der Waals surface area contributed by atoms with Gasteiger partial charge in [-0.25, -0.2) is 0 Å². The van der Waals surface area contributed by atoms with Crippen molar-refractivity contribution in [3.63, 3.8) is 0 Å². The van der Waals surface area contributed by atoms with Crippen LogP contribution in [0.25, 0.3) is 0 Å². The van der Waals surface area contributed by atoms with Crippen LogP contribution in [0.2, 0.25) is 10.3 Å². The van der Waals surface area contributed by atoms with Crippen LogP contribution in [0, 0.1) is 5.92 Å². The lowest BCUT2D eigenvalue weighted by Crippen LogP contribution is -2.20. The van der Waals surface area contributed by atoms with Crippen molar-refractivity contribution < 1.29 is 0 Å². The van der Waals surface area contributed by atoms with Gasteiger partial charge in [-0.1, -0.05) is 36.5 Å². The van der Waals surface area contributed by atoms with Crippen molar-refractivity contribution in [2.75, 3.05) is 18.0 Å². The number of nitrogens with zero attached hydrogens (tertiary/aromatic N) is 3. The number of halogens is 2. The third kappa shape index (κ3) is 2.58. The minimum Gasteiger partial charge on any atom is -0.369 e. The lowest BCUT2D eigenvalue weighted by Gasteiger charge is -2.19. The number of anilines is 1. The van der Waals surface area contributed by atoms with E-state index in [-0.39, 0.29) is 0 Å². The van der Waals surface area contributed by atoms with Gasteiger partial charge in [-0.15, -0.1) is 10.2 Å². The topological polar surface area (TPSA) is 29.0 Å². The third-order valence-corrected chi connectivity index (χ3v) is 3.48. The summed E-state index contributed by atoms with van der Waals surface area (Å²) in [6.07, 6.45) is 3.74. The van der Waals surface area contributed by atoms with Crippen LogP contribution in [0.15, 0.2) is 6.07 Å². The van der Waals surface area contributed by atoms with Gasteiger partial charge in [0.05, 0.1) is 5.69 Å². The van der Waals surface area contributed by atoms with Gasteiger partial charge in [-0.2, -0.15) is 0 Å². The van der Waals surface area contributed by atoms with Crippen LogP contribution >= 0.6 is 23.2 Å². The Balaban J connectivity index is 2.11. The molecule has 0 amide bonds.